The van der Waals surface area contributed by atoms with Gasteiger partial charge in [-0.2, -0.15) is 0 Å². The third-order valence-corrected chi connectivity index (χ3v) is 10.4. The van der Waals surface area contributed by atoms with Gasteiger partial charge in [0.1, 0.15) is 0 Å². The van der Waals surface area contributed by atoms with Crippen LogP contribution in [0.1, 0.15) is 44.4 Å². The quantitative estimate of drug-likeness (QED) is 0.535. The van der Waals surface area contributed by atoms with Crippen LogP contribution in [0, 0.1) is 0 Å². The first-order valence-electron chi connectivity index (χ1n) is 8.08. The summed E-state index contributed by atoms with van der Waals surface area (Å²) < 4.78 is 7.85. The fourth-order valence-electron chi connectivity index (χ4n) is 3.04. The molecular formula is C19H25BrOSi. The normalized spacial score (nSPS) is 18.7. The Morgan fingerprint density at radius 3 is 2.50 bits per heavy atom. The molecule has 1 nitrogen and oxygen atoms in total. The van der Waals surface area contributed by atoms with E-state index in [9.17, 15) is 0 Å². The summed E-state index contributed by atoms with van der Waals surface area (Å²) in [7, 11) is -1.73. The van der Waals surface area contributed by atoms with Crippen LogP contribution in [-0.4, -0.2) is 8.32 Å². The van der Waals surface area contributed by atoms with Crippen molar-refractivity contribution < 1.29 is 4.43 Å². The van der Waals surface area contributed by atoms with Crippen molar-refractivity contribution in [1.29, 1.82) is 0 Å². The lowest BCUT2D eigenvalue weighted by Crippen LogP contribution is -2.41. The van der Waals surface area contributed by atoms with E-state index in [0.717, 1.165) is 17.3 Å². The molecule has 0 fully saturated rings. The highest BCUT2D eigenvalue weighted by Gasteiger charge is 2.40. The molecule has 0 heterocycles. The van der Waals surface area contributed by atoms with Gasteiger partial charge in [-0.15, -0.1) is 0 Å². The van der Waals surface area contributed by atoms with Gasteiger partial charge in [-0.05, 0) is 65.0 Å². The van der Waals surface area contributed by atoms with Crippen molar-refractivity contribution >= 4 is 35.0 Å². The van der Waals surface area contributed by atoms with Gasteiger partial charge < -0.3 is 4.43 Å². The lowest BCUT2D eigenvalue weighted by molar-refractivity contribution is 0.185. The van der Waals surface area contributed by atoms with Crippen LogP contribution >= 0.6 is 15.9 Å². The largest absolute Gasteiger partial charge is 0.410 e. The molecule has 0 saturated carbocycles. The number of benzene rings is 2. The number of fused-ring (bicyclic) bond motifs is 3. The summed E-state index contributed by atoms with van der Waals surface area (Å²) in [4.78, 5) is 0. The maximum Gasteiger partial charge on any atom is 0.192 e. The van der Waals surface area contributed by atoms with Gasteiger partial charge >= 0.3 is 0 Å². The predicted octanol–water partition coefficient (Wildman–Crippen LogP) is 6.61. The van der Waals surface area contributed by atoms with Crippen LogP contribution in [0.4, 0.5) is 0 Å². The van der Waals surface area contributed by atoms with Gasteiger partial charge in [0.05, 0.1) is 6.10 Å². The first kappa shape index (κ1) is 16.2. The molecule has 1 atom stereocenters. The molecular weight excluding hydrogens is 352 g/mol. The molecule has 0 amide bonds. The van der Waals surface area contributed by atoms with E-state index < -0.39 is 8.32 Å². The number of aryl methyl sites for hydroxylation is 1. The van der Waals surface area contributed by atoms with Crippen LogP contribution < -0.4 is 0 Å². The van der Waals surface area contributed by atoms with Crippen LogP contribution in [0.5, 0.6) is 0 Å². The first-order chi connectivity index (χ1) is 10.2. The Labute approximate surface area is 143 Å². The van der Waals surface area contributed by atoms with Crippen molar-refractivity contribution in [3.63, 3.8) is 0 Å². The Morgan fingerprint density at radius 2 is 1.82 bits per heavy atom. The standard InChI is InChI=1S/C19H25BrOSi/c1-19(2,3)22(4,5)21-18-11-10-15-16(18)9-7-13-6-8-14(20)12-17(13)15/h6-9,12,18H,10-11H2,1-5H3/t18-/m0/s1. The zero-order chi connectivity index (χ0) is 16.1. The van der Waals surface area contributed by atoms with E-state index in [4.69, 9.17) is 4.43 Å². The van der Waals surface area contributed by atoms with Gasteiger partial charge in [0.15, 0.2) is 8.32 Å². The Morgan fingerprint density at radius 1 is 1.14 bits per heavy atom. The Kier molecular flexibility index (Phi) is 4.03. The number of hydrogen-bond donors (Lipinski definition) is 0. The van der Waals surface area contributed by atoms with Gasteiger partial charge in [0.25, 0.3) is 0 Å². The van der Waals surface area contributed by atoms with E-state index >= 15 is 0 Å². The van der Waals surface area contributed by atoms with Gasteiger partial charge in [-0.3, -0.25) is 0 Å². The maximum atomic E-state index is 6.70. The summed E-state index contributed by atoms with van der Waals surface area (Å²) in [6, 6.07) is 11.1. The average molecular weight is 377 g/mol. The minimum absolute atomic E-state index is 0.260. The van der Waals surface area contributed by atoms with Crippen molar-refractivity contribution in [2.75, 3.05) is 0 Å². The summed E-state index contributed by atoms with van der Waals surface area (Å²) in [6.07, 6.45) is 2.52. The summed E-state index contributed by atoms with van der Waals surface area (Å²) in [5, 5.41) is 2.97. The Hall–Kier alpha value is -0.643. The second-order valence-corrected chi connectivity index (χ2v) is 13.6. The van der Waals surface area contributed by atoms with Crippen LogP contribution in [0.15, 0.2) is 34.8 Å². The van der Waals surface area contributed by atoms with Crippen LogP contribution in [0.3, 0.4) is 0 Å². The summed E-state index contributed by atoms with van der Waals surface area (Å²) in [6.45, 7) is 11.6. The highest BCUT2D eigenvalue weighted by molar-refractivity contribution is 9.10. The van der Waals surface area contributed by atoms with Gasteiger partial charge in [0.2, 0.25) is 0 Å². The molecule has 2 aromatic rings. The second kappa shape index (κ2) is 5.47. The third kappa shape index (κ3) is 2.79. The Balaban J connectivity index is 1.99. The molecule has 3 rings (SSSR count). The smallest absolute Gasteiger partial charge is 0.192 e. The minimum atomic E-state index is -1.73. The van der Waals surface area contributed by atoms with Crippen molar-refractivity contribution in [3.05, 3.63) is 45.9 Å². The summed E-state index contributed by atoms with van der Waals surface area (Å²) in [5.41, 5.74) is 2.90. The summed E-state index contributed by atoms with van der Waals surface area (Å²) >= 11 is 3.61. The molecule has 3 heteroatoms. The van der Waals surface area contributed by atoms with E-state index in [0.29, 0.717) is 0 Å². The minimum Gasteiger partial charge on any atom is -0.410 e. The average Bonchev–Trinajstić information content (AvgIpc) is 2.80. The summed E-state index contributed by atoms with van der Waals surface area (Å²) in [5.74, 6) is 0. The molecule has 118 valence electrons. The van der Waals surface area contributed by atoms with Crippen LogP contribution in [0.2, 0.25) is 18.1 Å². The molecule has 1 aliphatic rings. The molecule has 0 N–H and O–H groups in total. The van der Waals surface area contributed by atoms with E-state index in [1.165, 1.54) is 21.9 Å². The molecule has 0 aliphatic heterocycles. The third-order valence-electron chi connectivity index (χ3n) is 5.38. The van der Waals surface area contributed by atoms with Gasteiger partial charge in [-0.1, -0.05) is 54.9 Å². The molecule has 0 saturated heterocycles. The van der Waals surface area contributed by atoms with Crippen LogP contribution in [0.25, 0.3) is 10.8 Å². The van der Waals surface area contributed by atoms with E-state index in [-0.39, 0.29) is 11.1 Å². The molecule has 2 aromatic carbocycles. The molecule has 0 radical (unpaired) electrons. The molecule has 1 aliphatic carbocycles. The van der Waals surface area contributed by atoms with Gasteiger partial charge in [0, 0.05) is 4.47 Å². The molecule has 0 spiro atoms. The lowest BCUT2D eigenvalue weighted by Gasteiger charge is -2.38. The fourth-order valence-corrected chi connectivity index (χ4v) is 4.71. The molecule has 0 aromatic heterocycles. The molecule has 0 unspecified atom stereocenters. The SMILES string of the molecule is CC(C)(C)[Si](C)(C)O[C@H]1CCc2c1ccc1ccc(Br)cc21. The number of hydrogen-bond acceptors (Lipinski definition) is 1. The number of rotatable bonds is 2. The maximum absolute atomic E-state index is 6.70. The van der Waals surface area contributed by atoms with Gasteiger partial charge in [-0.25, -0.2) is 0 Å². The first-order valence-corrected chi connectivity index (χ1v) is 11.8. The van der Waals surface area contributed by atoms with E-state index in [1.807, 2.05) is 0 Å². The van der Waals surface area contributed by atoms with Crippen molar-refractivity contribution in [2.24, 2.45) is 0 Å². The van der Waals surface area contributed by atoms with E-state index in [2.05, 4.69) is 80.1 Å². The Bertz CT molecular complexity index is 715. The van der Waals surface area contributed by atoms with Crippen molar-refractivity contribution in [3.8, 4) is 0 Å². The van der Waals surface area contributed by atoms with E-state index in [1.54, 1.807) is 0 Å². The molecule has 0 bridgehead atoms. The van der Waals surface area contributed by atoms with Crippen LogP contribution in [-0.2, 0) is 10.8 Å². The highest BCUT2D eigenvalue weighted by atomic mass is 79.9. The predicted molar refractivity (Wildman–Crippen MR) is 101 cm³/mol. The zero-order valence-corrected chi connectivity index (χ0v) is 16.8. The molecule has 22 heavy (non-hydrogen) atoms. The monoisotopic (exact) mass is 376 g/mol. The topological polar surface area (TPSA) is 9.23 Å². The fraction of sp³-hybridized carbons (Fsp3) is 0.474. The van der Waals surface area contributed by atoms with Crippen molar-refractivity contribution in [2.45, 2.75) is 57.8 Å². The number of halogens is 1. The highest BCUT2D eigenvalue weighted by Crippen LogP contribution is 2.45. The zero-order valence-electron chi connectivity index (χ0n) is 14.2. The lowest BCUT2D eigenvalue weighted by atomic mass is 10.0. The van der Waals surface area contributed by atoms with Crippen molar-refractivity contribution in [1.82, 2.24) is 0 Å². The second-order valence-electron chi connectivity index (χ2n) is 7.90.